The Kier molecular flexibility index (Phi) is 5.02. The third kappa shape index (κ3) is 3.02. The molecule has 0 atom stereocenters. The van der Waals surface area contributed by atoms with Gasteiger partial charge in [-0.25, -0.2) is 0 Å². The van der Waals surface area contributed by atoms with Gasteiger partial charge in [-0.1, -0.05) is 32.4 Å². The molecule has 0 saturated heterocycles. The van der Waals surface area contributed by atoms with Crippen LogP contribution in [0, 0.1) is 6.92 Å². The number of halogens is 1. The minimum atomic E-state index is 0.224. The molecule has 0 unspecified atom stereocenters. The molecule has 98 valence electrons. The van der Waals surface area contributed by atoms with Crippen LogP contribution < -0.4 is 5.32 Å². The van der Waals surface area contributed by atoms with E-state index in [9.17, 15) is 0 Å². The summed E-state index contributed by atoms with van der Waals surface area (Å²) < 4.78 is 1.87. The lowest BCUT2D eigenvalue weighted by Crippen LogP contribution is -2.43. The average Bonchev–Trinajstić information content (AvgIpc) is 2.57. The molecule has 0 radical (unpaired) electrons. The molecule has 4 heteroatoms. The summed E-state index contributed by atoms with van der Waals surface area (Å²) in [5, 5.41) is 8.77. The molecule has 0 fully saturated rings. The second-order valence-corrected chi connectivity index (χ2v) is 5.04. The zero-order valence-electron chi connectivity index (χ0n) is 11.6. The predicted octanol–water partition coefficient (Wildman–Crippen LogP) is 3.44. The summed E-state index contributed by atoms with van der Waals surface area (Å²) in [4.78, 5) is 0. The zero-order chi connectivity index (χ0) is 13.1. The third-order valence-electron chi connectivity index (χ3n) is 3.92. The van der Waals surface area contributed by atoms with E-state index in [-0.39, 0.29) is 5.54 Å². The summed E-state index contributed by atoms with van der Waals surface area (Å²) in [5.74, 6) is 0. The fourth-order valence-electron chi connectivity index (χ4n) is 2.27. The smallest absolute Gasteiger partial charge is 0.0860 e. The number of rotatable bonds is 6. The zero-order valence-corrected chi connectivity index (χ0v) is 12.4. The van der Waals surface area contributed by atoms with Crippen LogP contribution in [0.5, 0.6) is 0 Å². The van der Waals surface area contributed by atoms with E-state index in [1.807, 2.05) is 18.7 Å². The Morgan fingerprint density at radius 1 is 1.24 bits per heavy atom. The first-order chi connectivity index (χ1) is 7.99. The van der Waals surface area contributed by atoms with Gasteiger partial charge in [-0.3, -0.25) is 4.68 Å². The summed E-state index contributed by atoms with van der Waals surface area (Å²) in [6, 6.07) is 0. The standard InChI is InChI=1S/C13H24ClN3/c1-6-13(7-2,8-3)15-9-11-12(14)10(4)16-17(11)5/h15H,6-9H2,1-5H3. The van der Waals surface area contributed by atoms with Crippen molar-refractivity contribution in [3.8, 4) is 0 Å². The highest BCUT2D eigenvalue weighted by Crippen LogP contribution is 2.23. The largest absolute Gasteiger partial charge is 0.306 e. The lowest BCUT2D eigenvalue weighted by Gasteiger charge is -2.32. The molecule has 0 aliphatic rings. The lowest BCUT2D eigenvalue weighted by atomic mass is 9.90. The molecule has 1 N–H and O–H groups in total. The van der Waals surface area contributed by atoms with E-state index in [1.54, 1.807) is 0 Å². The van der Waals surface area contributed by atoms with E-state index in [1.165, 1.54) is 0 Å². The van der Waals surface area contributed by atoms with Crippen LogP contribution in [0.2, 0.25) is 5.02 Å². The molecule has 0 saturated carbocycles. The molecule has 0 spiro atoms. The Labute approximate surface area is 110 Å². The van der Waals surface area contributed by atoms with Gasteiger partial charge in [0.15, 0.2) is 0 Å². The molecule has 0 aliphatic carbocycles. The van der Waals surface area contributed by atoms with Crippen LogP contribution in [0.25, 0.3) is 0 Å². The number of hydrogen-bond acceptors (Lipinski definition) is 2. The van der Waals surface area contributed by atoms with Crippen molar-refractivity contribution in [2.45, 2.75) is 59.0 Å². The minimum Gasteiger partial charge on any atom is -0.306 e. The molecule has 0 bridgehead atoms. The molecule has 1 aromatic rings. The van der Waals surface area contributed by atoms with Gasteiger partial charge < -0.3 is 5.32 Å². The van der Waals surface area contributed by atoms with E-state index in [0.29, 0.717) is 0 Å². The first-order valence-electron chi connectivity index (χ1n) is 6.42. The minimum absolute atomic E-state index is 0.224. The van der Waals surface area contributed by atoms with Gasteiger partial charge in [0.1, 0.15) is 0 Å². The summed E-state index contributed by atoms with van der Waals surface area (Å²) in [6.45, 7) is 9.42. The first-order valence-corrected chi connectivity index (χ1v) is 6.80. The van der Waals surface area contributed by atoms with Crippen LogP contribution in [0.1, 0.15) is 51.4 Å². The second-order valence-electron chi connectivity index (χ2n) is 4.66. The van der Waals surface area contributed by atoms with Crippen LogP contribution in [0.15, 0.2) is 0 Å². The molecule has 0 aromatic carbocycles. The fraction of sp³-hybridized carbons (Fsp3) is 0.769. The van der Waals surface area contributed by atoms with Gasteiger partial charge in [0.25, 0.3) is 0 Å². The van der Waals surface area contributed by atoms with Gasteiger partial charge in [0.2, 0.25) is 0 Å². The quantitative estimate of drug-likeness (QED) is 0.846. The average molecular weight is 258 g/mol. The maximum Gasteiger partial charge on any atom is 0.0860 e. The number of aromatic nitrogens is 2. The fourth-order valence-corrected chi connectivity index (χ4v) is 2.50. The number of hydrogen-bond donors (Lipinski definition) is 1. The maximum atomic E-state index is 6.25. The van der Waals surface area contributed by atoms with Crippen molar-refractivity contribution in [2.75, 3.05) is 0 Å². The summed E-state index contributed by atoms with van der Waals surface area (Å²) in [5.41, 5.74) is 2.20. The molecule has 3 nitrogen and oxygen atoms in total. The summed E-state index contributed by atoms with van der Waals surface area (Å²) in [6.07, 6.45) is 3.40. The van der Waals surface area contributed by atoms with Crippen molar-refractivity contribution < 1.29 is 0 Å². The second kappa shape index (κ2) is 5.87. The molecule has 1 aromatic heterocycles. The molecular formula is C13H24ClN3. The van der Waals surface area contributed by atoms with E-state index in [2.05, 4.69) is 31.2 Å². The van der Waals surface area contributed by atoms with Crippen molar-refractivity contribution in [1.82, 2.24) is 15.1 Å². The van der Waals surface area contributed by atoms with Crippen molar-refractivity contribution in [3.63, 3.8) is 0 Å². The third-order valence-corrected chi connectivity index (χ3v) is 4.41. The molecule has 1 rings (SSSR count). The molecular weight excluding hydrogens is 234 g/mol. The first kappa shape index (κ1) is 14.5. The molecule has 0 aliphatic heterocycles. The van der Waals surface area contributed by atoms with Crippen molar-refractivity contribution in [2.24, 2.45) is 7.05 Å². The van der Waals surface area contributed by atoms with Crippen LogP contribution in [0.3, 0.4) is 0 Å². The topological polar surface area (TPSA) is 29.9 Å². The van der Waals surface area contributed by atoms with E-state index in [0.717, 1.165) is 42.2 Å². The van der Waals surface area contributed by atoms with Gasteiger partial charge in [0, 0.05) is 19.1 Å². The van der Waals surface area contributed by atoms with E-state index < -0.39 is 0 Å². The van der Waals surface area contributed by atoms with Gasteiger partial charge in [0.05, 0.1) is 16.4 Å². The summed E-state index contributed by atoms with van der Waals surface area (Å²) in [7, 11) is 1.95. The van der Waals surface area contributed by atoms with Gasteiger partial charge >= 0.3 is 0 Å². The SMILES string of the molecule is CCC(CC)(CC)NCc1c(Cl)c(C)nn1C. The Morgan fingerprint density at radius 3 is 2.12 bits per heavy atom. The van der Waals surface area contributed by atoms with Gasteiger partial charge in [-0.05, 0) is 26.2 Å². The Morgan fingerprint density at radius 2 is 1.76 bits per heavy atom. The van der Waals surface area contributed by atoms with E-state index in [4.69, 9.17) is 11.6 Å². The normalized spacial score (nSPS) is 12.1. The van der Waals surface area contributed by atoms with Gasteiger partial charge in [-0.15, -0.1) is 0 Å². The highest BCUT2D eigenvalue weighted by atomic mass is 35.5. The number of nitrogens with zero attached hydrogens (tertiary/aromatic N) is 2. The Balaban J connectivity index is 2.79. The number of aryl methyl sites for hydroxylation is 2. The van der Waals surface area contributed by atoms with Gasteiger partial charge in [-0.2, -0.15) is 5.10 Å². The van der Waals surface area contributed by atoms with Crippen molar-refractivity contribution >= 4 is 11.6 Å². The van der Waals surface area contributed by atoms with Crippen molar-refractivity contribution in [1.29, 1.82) is 0 Å². The molecule has 0 amide bonds. The highest BCUT2D eigenvalue weighted by molar-refractivity contribution is 6.31. The highest BCUT2D eigenvalue weighted by Gasteiger charge is 2.24. The Hall–Kier alpha value is -0.540. The number of nitrogens with one attached hydrogen (secondary N) is 1. The predicted molar refractivity (Wildman–Crippen MR) is 73.4 cm³/mol. The molecule has 17 heavy (non-hydrogen) atoms. The van der Waals surface area contributed by atoms with Crippen molar-refractivity contribution in [3.05, 3.63) is 16.4 Å². The lowest BCUT2D eigenvalue weighted by molar-refractivity contribution is 0.285. The molecule has 1 heterocycles. The van der Waals surface area contributed by atoms with Crippen LogP contribution in [0.4, 0.5) is 0 Å². The van der Waals surface area contributed by atoms with Crippen LogP contribution in [-0.2, 0) is 13.6 Å². The maximum absolute atomic E-state index is 6.25. The monoisotopic (exact) mass is 257 g/mol. The summed E-state index contributed by atoms with van der Waals surface area (Å²) >= 11 is 6.25. The van der Waals surface area contributed by atoms with Crippen LogP contribution >= 0.6 is 11.6 Å². The Bertz CT molecular complexity index is 359. The van der Waals surface area contributed by atoms with E-state index >= 15 is 0 Å². The van der Waals surface area contributed by atoms with Crippen LogP contribution in [-0.4, -0.2) is 15.3 Å².